The van der Waals surface area contributed by atoms with Gasteiger partial charge in [0.05, 0.1) is 5.02 Å². The molecule has 0 fully saturated rings. The number of nitrogens with zero attached hydrogens (tertiary/aromatic N) is 3. The number of anilines is 1. The van der Waals surface area contributed by atoms with Gasteiger partial charge in [0.15, 0.2) is 0 Å². The summed E-state index contributed by atoms with van der Waals surface area (Å²) in [6.07, 6.45) is 0. The third kappa shape index (κ3) is 5.01. The molecule has 160 valence electrons. The molecule has 5 nitrogen and oxygen atoms in total. The fraction of sp³-hybridized carbons (Fsp3) is 0.261. The molecule has 3 aromatic rings. The van der Waals surface area contributed by atoms with Gasteiger partial charge in [-0.3, -0.25) is 4.99 Å². The Morgan fingerprint density at radius 2 is 1.94 bits per heavy atom. The molecular formula is C23H22Cl2N4OS. The summed E-state index contributed by atoms with van der Waals surface area (Å²) in [5.74, 6) is 1.86. The molecule has 0 bridgehead atoms. The van der Waals surface area contributed by atoms with Crippen LogP contribution in [0.4, 0.5) is 5.69 Å². The lowest BCUT2D eigenvalue weighted by molar-refractivity contribution is 0.491. The van der Waals surface area contributed by atoms with Crippen LogP contribution in [0.25, 0.3) is 11.3 Å². The number of ether oxygens (including phenoxy) is 1. The smallest absolute Gasteiger partial charge is 0.218 e. The molecule has 0 saturated heterocycles. The highest BCUT2D eigenvalue weighted by Gasteiger charge is 2.20. The lowest BCUT2D eigenvalue weighted by atomic mass is 10.1. The highest BCUT2D eigenvalue weighted by atomic mass is 35.5. The first-order chi connectivity index (χ1) is 14.7. The van der Waals surface area contributed by atoms with E-state index in [4.69, 9.17) is 27.9 Å². The van der Waals surface area contributed by atoms with Crippen molar-refractivity contribution < 1.29 is 4.74 Å². The van der Waals surface area contributed by atoms with E-state index in [9.17, 15) is 5.26 Å². The van der Waals surface area contributed by atoms with E-state index in [1.54, 1.807) is 25.2 Å². The molecule has 31 heavy (non-hydrogen) atoms. The van der Waals surface area contributed by atoms with Crippen molar-refractivity contribution in [1.82, 2.24) is 4.37 Å². The van der Waals surface area contributed by atoms with Crippen LogP contribution in [-0.4, -0.2) is 17.3 Å². The summed E-state index contributed by atoms with van der Waals surface area (Å²) in [6.45, 7) is 8.14. The third-order valence-electron chi connectivity index (χ3n) is 4.73. The van der Waals surface area contributed by atoms with E-state index in [2.05, 4.69) is 34.6 Å². The van der Waals surface area contributed by atoms with Crippen molar-refractivity contribution >= 4 is 46.3 Å². The van der Waals surface area contributed by atoms with Gasteiger partial charge >= 0.3 is 0 Å². The number of aromatic nitrogens is 1. The molecule has 0 aliphatic heterocycles. The summed E-state index contributed by atoms with van der Waals surface area (Å²) in [5.41, 5.74) is 4.37. The van der Waals surface area contributed by atoms with Gasteiger partial charge < -0.3 is 10.1 Å². The van der Waals surface area contributed by atoms with Gasteiger partial charge in [0.25, 0.3) is 0 Å². The first kappa shape index (κ1) is 23.1. The van der Waals surface area contributed by atoms with Gasteiger partial charge in [0.2, 0.25) is 5.06 Å². The molecule has 0 radical (unpaired) electrons. The van der Waals surface area contributed by atoms with Crippen molar-refractivity contribution in [3.63, 3.8) is 0 Å². The Bertz CT molecular complexity index is 1200. The zero-order valence-electron chi connectivity index (χ0n) is 17.9. The molecule has 2 aromatic carbocycles. The second-order valence-electron chi connectivity index (χ2n) is 7.35. The zero-order valence-corrected chi connectivity index (χ0v) is 20.2. The van der Waals surface area contributed by atoms with E-state index in [0.717, 1.165) is 34.2 Å². The molecule has 0 aliphatic rings. The fourth-order valence-corrected chi connectivity index (χ4v) is 4.26. The quantitative estimate of drug-likeness (QED) is 0.308. The SMILES string of the molecule is CN=C(Nc1cc(C)c(Oc2snc(-c3ccc(Cl)cc3Cl)c2C#N)cc1C)C(C)C. The van der Waals surface area contributed by atoms with Crippen molar-refractivity contribution in [3.05, 3.63) is 57.1 Å². The minimum absolute atomic E-state index is 0.286. The minimum Gasteiger partial charge on any atom is -0.443 e. The van der Waals surface area contributed by atoms with Gasteiger partial charge in [0, 0.05) is 40.8 Å². The van der Waals surface area contributed by atoms with Crippen molar-refractivity contribution in [3.8, 4) is 28.1 Å². The summed E-state index contributed by atoms with van der Waals surface area (Å²) in [6, 6.07) is 11.3. The van der Waals surface area contributed by atoms with Crippen LogP contribution in [0.15, 0.2) is 35.3 Å². The monoisotopic (exact) mass is 472 g/mol. The largest absolute Gasteiger partial charge is 0.443 e. The summed E-state index contributed by atoms with van der Waals surface area (Å²) in [4.78, 5) is 4.32. The number of hydrogen-bond acceptors (Lipinski definition) is 5. The zero-order chi connectivity index (χ0) is 22.7. The van der Waals surface area contributed by atoms with E-state index in [1.165, 1.54) is 0 Å². The van der Waals surface area contributed by atoms with Crippen LogP contribution < -0.4 is 10.1 Å². The number of amidine groups is 1. The second kappa shape index (κ2) is 9.69. The lowest BCUT2D eigenvalue weighted by Gasteiger charge is -2.17. The Balaban J connectivity index is 1.94. The second-order valence-corrected chi connectivity index (χ2v) is 8.93. The predicted molar refractivity (Wildman–Crippen MR) is 130 cm³/mol. The Kier molecular flexibility index (Phi) is 7.22. The van der Waals surface area contributed by atoms with E-state index in [0.29, 0.717) is 37.7 Å². The number of aliphatic imine (C=N–C) groups is 1. The fourth-order valence-electron chi connectivity index (χ4n) is 3.04. The number of halogens is 2. The lowest BCUT2D eigenvalue weighted by Crippen LogP contribution is -2.19. The van der Waals surface area contributed by atoms with Gasteiger partial charge in [-0.25, -0.2) is 0 Å². The maximum atomic E-state index is 9.76. The molecule has 0 aliphatic carbocycles. The van der Waals surface area contributed by atoms with Crippen molar-refractivity contribution in [1.29, 1.82) is 5.26 Å². The normalized spacial score (nSPS) is 11.5. The Hall–Kier alpha value is -2.59. The Labute approximate surface area is 196 Å². The molecular weight excluding hydrogens is 451 g/mol. The maximum absolute atomic E-state index is 9.76. The maximum Gasteiger partial charge on any atom is 0.218 e. The predicted octanol–water partition coefficient (Wildman–Crippen LogP) is 7.49. The van der Waals surface area contributed by atoms with Crippen molar-refractivity contribution in [2.75, 3.05) is 12.4 Å². The van der Waals surface area contributed by atoms with Gasteiger partial charge in [-0.15, -0.1) is 0 Å². The average Bonchev–Trinajstić information content (AvgIpc) is 3.11. The van der Waals surface area contributed by atoms with Crippen LogP contribution in [0.5, 0.6) is 10.8 Å². The Morgan fingerprint density at radius 3 is 2.55 bits per heavy atom. The first-order valence-corrected chi connectivity index (χ1v) is 11.2. The number of aryl methyl sites for hydroxylation is 2. The van der Waals surface area contributed by atoms with Crippen molar-refractivity contribution in [2.24, 2.45) is 10.9 Å². The summed E-state index contributed by atoms with van der Waals surface area (Å²) >= 11 is 13.4. The van der Waals surface area contributed by atoms with Gasteiger partial charge in [0.1, 0.15) is 28.9 Å². The van der Waals surface area contributed by atoms with Gasteiger partial charge in [-0.05, 0) is 55.3 Å². The highest BCUT2D eigenvalue weighted by Crippen LogP contribution is 2.40. The van der Waals surface area contributed by atoms with Gasteiger partial charge in [-0.2, -0.15) is 9.64 Å². The topological polar surface area (TPSA) is 70.3 Å². The molecule has 1 aromatic heterocycles. The van der Waals surface area contributed by atoms with Crippen LogP contribution >= 0.6 is 34.7 Å². The van der Waals surface area contributed by atoms with Crippen LogP contribution in [0.3, 0.4) is 0 Å². The molecule has 3 rings (SSSR count). The van der Waals surface area contributed by atoms with E-state index < -0.39 is 0 Å². The minimum atomic E-state index is 0.286. The first-order valence-electron chi connectivity index (χ1n) is 9.63. The standard InChI is InChI=1S/C23H22Cl2N4OS/c1-12(2)22(27-5)28-19-8-14(4)20(9-13(19)3)30-23-17(11-26)21(29-31-23)16-7-6-15(24)10-18(16)25/h6-10,12H,1-5H3,(H,27,28). The number of benzene rings is 2. The molecule has 0 unspecified atom stereocenters. The van der Waals surface area contributed by atoms with Crippen LogP contribution in [0, 0.1) is 31.1 Å². The Morgan fingerprint density at radius 1 is 1.19 bits per heavy atom. The van der Waals surface area contributed by atoms with E-state index in [-0.39, 0.29) is 5.92 Å². The van der Waals surface area contributed by atoms with Crippen LogP contribution in [0.2, 0.25) is 10.0 Å². The van der Waals surface area contributed by atoms with E-state index >= 15 is 0 Å². The highest BCUT2D eigenvalue weighted by molar-refractivity contribution is 7.08. The number of rotatable bonds is 5. The summed E-state index contributed by atoms with van der Waals surface area (Å²) in [7, 11) is 1.78. The van der Waals surface area contributed by atoms with Crippen LogP contribution in [-0.2, 0) is 0 Å². The summed E-state index contributed by atoms with van der Waals surface area (Å²) < 4.78 is 10.5. The number of hydrogen-bond donors (Lipinski definition) is 1. The molecule has 1 heterocycles. The van der Waals surface area contributed by atoms with Crippen molar-refractivity contribution in [2.45, 2.75) is 27.7 Å². The van der Waals surface area contributed by atoms with E-state index in [1.807, 2.05) is 26.0 Å². The molecule has 0 atom stereocenters. The average molecular weight is 473 g/mol. The third-order valence-corrected chi connectivity index (χ3v) is 6.01. The summed E-state index contributed by atoms with van der Waals surface area (Å²) in [5, 5.41) is 14.5. The number of nitrogens with one attached hydrogen (secondary N) is 1. The number of nitriles is 1. The molecule has 0 spiro atoms. The van der Waals surface area contributed by atoms with Gasteiger partial charge in [-0.1, -0.05) is 37.0 Å². The molecule has 0 amide bonds. The van der Waals surface area contributed by atoms with Crippen LogP contribution in [0.1, 0.15) is 30.5 Å². The molecule has 8 heteroatoms. The molecule has 0 saturated carbocycles. The molecule has 1 N–H and O–H groups in total.